The highest BCUT2D eigenvalue weighted by Gasteiger charge is 2.42. The maximum absolute atomic E-state index is 12.6. The summed E-state index contributed by atoms with van der Waals surface area (Å²) < 4.78 is 39.8. The second-order valence-corrected chi connectivity index (χ2v) is 5.32. The summed E-state index contributed by atoms with van der Waals surface area (Å²) in [5.74, 6) is -1.59. The van der Waals surface area contributed by atoms with E-state index >= 15 is 0 Å². The van der Waals surface area contributed by atoms with E-state index in [-0.39, 0.29) is 11.4 Å². The van der Waals surface area contributed by atoms with Gasteiger partial charge in [-0.25, -0.2) is 4.98 Å². The number of imidazole rings is 1. The van der Waals surface area contributed by atoms with Crippen LogP contribution in [0.15, 0.2) is 22.8 Å². The normalized spacial score (nSPS) is 12.4. The summed E-state index contributed by atoms with van der Waals surface area (Å²) in [6.07, 6.45) is -3.33. The summed E-state index contributed by atoms with van der Waals surface area (Å²) in [6, 6.07) is 3.14. The predicted octanol–water partition coefficient (Wildman–Crippen LogP) is 3.97. The lowest BCUT2D eigenvalue weighted by Gasteiger charge is -2.03. The number of rotatable bonds is 2. The zero-order chi connectivity index (χ0) is 14.4. The van der Waals surface area contributed by atoms with Crippen molar-refractivity contribution in [2.45, 2.75) is 25.9 Å². The number of pyridine rings is 1. The number of hydrogen-bond acceptors (Lipinski definition) is 2. The summed E-state index contributed by atoms with van der Waals surface area (Å²) in [5, 5.41) is 0. The number of carbonyl (C=O) groups is 1. The monoisotopic (exact) mass is 334 g/mol. The maximum atomic E-state index is 12.6. The molecule has 0 fully saturated rings. The van der Waals surface area contributed by atoms with Gasteiger partial charge in [0.2, 0.25) is 0 Å². The van der Waals surface area contributed by atoms with Crippen LogP contribution in [0.3, 0.4) is 0 Å². The van der Waals surface area contributed by atoms with Crippen molar-refractivity contribution in [3.63, 3.8) is 0 Å². The SMILES string of the molecule is CC(C)c1nc(C(=O)C(F)(F)F)c2cc(Br)ccn12. The van der Waals surface area contributed by atoms with Crippen molar-refractivity contribution < 1.29 is 18.0 Å². The van der Waals surface area contributed by atoms with Gasteiger partial charge < -0.3 is 4.40 Å². The lowest BCUT2D eigenvalue weighted by atomic mass is 10.2. The van der Waals surface area contributed by atoms with Crippen LogP contribution >= 0.6 is 15.9 Å². The Morgan fingerprint density at radius 1 is 1.42 bits per heavy atom. The van der Waals surface area contributed by atoms with Gasteiger partial charge in [-0.3, -0.25) is 4.79 Å². The van der Waals surface area contributed by atoms with Crippen LogP contribution in [0.5, 0.6) is 0 Å². The van der Waals surface area contributed by atoms with Crippen molar-refractivity contribution in [1.82, 2.24) is 9.38 Å². The van der Waals surface area contributed by atoms with Gasteiger partial charge in [0, 0.05) is 16.6 Å². The van der Waals surface area contributed by atoms with Crippen LogP contribution in [0, 0.1) is 0 Å². The number of fused-ring (bicyclic) bond motifs is 1. The molecule has 2 rings (SSSR count). The molecule has 0 aromatic carbocycles. The number of aromatic nitrogens is 2. The Balaban J connectivity index is 2.74. The van der Waals surface area contributed by atoms with Crippen LogP contribution in [-0.4, -0.2) is 21.3 Å². The minimum absolute atomic E-state index is 0.0940. The van der Waals surface area contributed by atoms with Crippen LogP contribution in [0.2, 0.25) is 0 Å². The lowest BCUT2D eigenvalue weighted by molar-refractivity contribution is -0.0887. The third-order valence-corrected chi connectivity index (χ3v) is 3.11. The molecule has 0 unspecified atom stereocenters. The summed E-state index contributed by atoms with van der Waals surface area (Å²) in [6.45, 7) is 3.61. The molecule has 0 bridgehead atoms. The van der Waals surface area contributed by atoms with Crippen LogP contribution in [0.4, 0.5) is 13.2 Å². The van der Waals surface area contributed by atoms with E-state index in [2.05, 4.69) is 20.9 Å². The van der Waals surface area contributed by atoms with E-state index in [0.29, 0.717) is 10.3 Å². The first kappa shape index (κ1) is 14.0. The van der Waals surface area contributed by atoms with Gasteiger partial charge in [-0.15, -0.1) is 0 Å². The Morgan fingerprint density at radius 2 is 2.05 bits per heavy atom. The minimum Gasteiger partial charge on any atom is -0.303 e. The van der Waals surface area contributed by atoms with Gasteiger partial charge in [0.25, 0.3) is 5.78 Å². The lowest BCUT2D eigenvalue weighted by Crippen LogP contribution is -2.23. The van der Waals surface area contributed by atoms with E-state index in [1.807, 2.05) is 0 Å². The van der Waals surface area contributed by atoms with E-state index in [9.17, 15) is 18.0 Å². The largest absolute Gasteiger partial charge is 0.456 e. The molecule has 0 aliphatic heterocycles. The number of Topliss-reactive ketones (excluding diaryl/α,β-unsaturated/α-hetero) is 1. The standard InChI is InChI=1S/C12H10BrF3N2O/c1-6(2)11-17-9(10(19)12(14,15)16)8-5-7(13)3-4-18(8)11/h3-6H,1-2H3. The average Bonchev–Trinajstić information content (AvgIpc) is 2.65. The highest BCUT2D eigenvalue weighted by atomic mass is 79.9. The molecule has 0 saturated carbocycles. The quantitative estimate of drug-likeness (QED) is 0.779. The second-order valence-electron chi connectivity index (χ2n) is 4.40. The zero-order valence-corrected chi connectivity index (χ0v) is 11.7. The Morgan fingerprint density at radius 3 is 2.58 bits per heavy atom. The van der Waals surface area contributed by atoms with Crippen LogP contribution in [0.25, 0.3) is 5.52 Å². The molecule has 102 valence electrons. The summed E-state index contributed by atoms with van der Waals surface area (Å²) >= 11 is 3.18. The Kier molecular flexibility index (Phi) is 3.42. The van der Waals surface area contributed by atoms with Crippen molar-refractivity contribution in [3.05, 3.63) is 34.3 Å². The van der Waals surface area contributed by atoms with Crippen molar-refractivity contribution in [2.75, 3.05) is 0 Å². The van der Waals surface area contributed by atoms with Gasteiger partial charge in [-0.2, -0.15) is 13.2 Å². The first-order valence-electron chi connectivity index (χ1n) is 5.51. The molecule has 19 heavy (non-hydrogen) atoms. The smallest absolute Gasteiger partial charge is 0.303 e. The number of halogens is 4. The fourth-order valence-electron chi connectivity index (χ4n) is 1.79. The molecule has 2 aromatic heterocycles. The molecule has 0 atom stereocenters. The van der Waals surface area contributed by atoms with Crippen LogP contribution in [0.1, 0.15) is 36.1 Å². The number of carbonyl (C=O) groups excluding carboxylic acids is 1. The fraction of sp³-hybridized carbons (Fsp3) is 0.333. The van der Waals surface area contributed by atoms with Crippen LogP contribution < -0.4 is 0 Å². The minimum atomic E-state index is -4.93. The molecular formula is C12H10BrF3N2O. The molecule has 0 amide bonds. The first-order valence-corrected chi connectivity index (χ1v) is 6.30. The molecule has 0 spiro atoms. The zero-order valence-electron chi connectivity index (χ0n) is 10.1. The Labute approximate surface area is 115 Å². The topological polar surface area (TPSA) is 34.4 Å². The Hall–Kier alpha value is -1.37. The van der Waals surface area contributed by atoms with E-state index in [0.717, 1.165) is 0 Å². The van der Waals surface area contributed by atoms with E-state index in [1.165, 1.54) is 10.5 Å². The summed E-state index contributed by atoms with van der Waals surface area (Å²) in [4.78, 5) is 15.3. The molecule has 2 heterocycles. The van der Waals surface area contributed by atoms with Gasteiger partial charge in [-0.05, 0) is 12.1 Å². The van der Waals surface area contributed by atoms with Gasteiger partial charge >= 0.3 is 6.18 Å². The van der Waals surface area contributed by atoms with Crippen LogP contribution in [-0.2, 0) is 0 Å². The highest BCUT2D eigenvalue weighted by Crippen LogP contribution is 2.28. The average molecular weight is 335 g/mol. The molecule has 0 radical (unpaired) electrons. The van der Waals surface area contributed by atoms with E-state index in [1.54, 1.807) is 26.1 Å². The van der Waals surface area contributed by atoms with Gasteiger partial charge in [0.1, 0.15) is 11.5 Å². The van der Waals surface area contributed by atoms with Gasteiger partial charge in [-0.1, -0.05) is 29.8 Å². The van der Waals surface area contributed by atoms with Crippen molar-refractivity contribution in [2.24, 2.45) is 0 Å². The van der Waals surface area contributed by atoms with Crippen molar-refractivity contribution >= 4 is 27.2 Å². The van der Waals surface area contributed by atoms with Crippen molar-refractivity contribution in [3.8, 4) is 0 Å². The third kappa shape index (κ3) is 2.51. The summed E-state index contributed by atoms with van der Waals surface area (Å²) in [5.41, 5.74) is -0.405. The number of hydrogen-bond donors (Lipinski definition) is 0. The van der Waals surface area contributed by atoms with Crippen molar-refractivity contribution in [1.29, 1.82) is 0 Å². The van der Waals surface area contributed by atoms with E-state index in [4.69, 9.17) is 0 Å². The Bertz CT molecular complexity index is 646. The molecule has 0 saturated heterocycles. The molecule has 0 aliphatic rings. The van der Waals surface area contributed by atoms with Gasteiger partial charge in [0.05, 0.1) is 5.52 Å². The predicted molar refractivity (Wildman–Crippen MR) is 67.4 cm³/mol. The number of alkyl halides is 3. The highest BCUT2D eigenvalue weighted by molar-refractivity contribution is 9.10. The first-order chi connectivity index (χ1) is 8.71. The molecule has 7 heteroatoms. The third-order valence-electron chi connectivity index (χ3n) is 2.62. The van der Waals surface area contributed by atoms with E-state index < -0.39 is 17.7 Å². The molecule has 0 aliphatic carbocycles. The molecular weight excluding hydrogens is 325 g/mol. The van der Waals surface area contributed by atoms with Gasteiger partial charge in [0.15, 0.2) is 0 Å². The molecule has 2 aromatic rings. The summed E-state index contributed by atoms with van der Waals surface area (Å²) in [7, 11) is 0. The maximum Gasteiger partial charge on any atom is 0.456 e. The number of nitrogens with zero attached hydrogens (tertiary/aromatic N) is 2. The molecule has 3 nitrogen and oxygen atoms in total. The second kappa shape index (κ2) is 4.63. The number of ketones is 1. The fourth-order valence-corrected chi connectivity index (χ4v) is 2.13. The molecule has 0 N–H and O–H groups in total.